The summed E-state index contributed by atoms with van der Waals surface area (Å²) in [4.78, 5) is 0. The molecule has 0 amide bonds. The Balaban J connectivity index is 1.70. The van der Waals surface area contributed by atoms with E-state index in [0.29, 0.717) is 33.9 Å². The molecule has 0 bridgehead atoms. The van der Waals surface area contributed by atoms with Gasteiger partial charge < -0.3 is 4.42 Å². The summed E-state index contributed by atoms with van der Waals surface area (Å²) in [5, 5.41) is 12.1. The molecular formula is C30H18F6N2O. The SMILES string of the molecule is Cc1c(-c2nnc(-c3cc4ccccc4o3)c3cc4ccccc4cc23)cc(C(F)(F)F)c(C(F)(F)F)c1C. The largest absolute Gasteiger partial charge is 0.454 e. The van der Waals surface area contributed by atoms with Crippen LogP contribution in [0.3, 0.4) is 0 Å². The number of fused-ring (bicyclic) bond motifs is 3. The number of nitrogens with zero attached hydrogens (tertiary/aromatic N) is 2. The van der Waals surface area contributed by atoms with Crippen LogP contribution in [0.1, 0.15) is 22.3 Å². The number of rotatable bonds is 2. The van der Waals surface area contributed by atoms with Gasteiger partial charge in [0.1, 0.15) is 17.0 Å². The van der Waals surface area contributed by atoms with Crippen molar-refractivity contribution < 1.29 is 30.8 Å². The van der Waals surface area contributed by atoms with Crippen LogP contribution in [0.4, 0.5) is 26.3 Å². The first-order valence-corrected chi connectivity index (χ1v) is 11.9. The molecule has 0 N–H and O–H groups in total. The summed E-state index contributed by atoms with van der Waals surface area (Å²) in [6.07, 6.45) is -10.4. The van der Waals surface area contributed by atoms with Crippen molar-refractivity contribution in [1.29, 1.82) is 0 Å². The Hall–Kier alpha value is -4.40. The minimum atomic E-state index is -5.23. The lowest BCUT2D eigenvalue weighted by Crippen LogP contribution is -2.19. The molecule has 6 aromatic rings. The van der Waals surface area contributed by atoms with Crippen molar-refractivity contribution in [3.8, 4) is 22.7 Å². The third-order valence-electron chi connectivity index (χ3n) is 7.05. The van der Waals surface area contributed by atoms with Crippen molar-refractivity contribution in [3.05, 3.63) is 95.1 Å². The molecule has 4 aromatic carbocycles. The minimum absolute atomic E-state index is 0.0376. The zero-order valence-electron chi connectivity index (χ0n) is 20.5. The third-order valence-corrected chi connectivity index (χ3v) is 7.05. The second kappa shape index (κ2) is 8.56. The van der Waals surface area contributed by atoms with E-state index in [1.807, 2.05) is 48.5 Å². The van der Waals surface area contributed by atoms with Crippen LogP contribution < -0.4 is 0 Å². The van der Waals surface area contributed by atoms with E-state index in [4.69, 9.17) is 4.42 Å². The van der Waals surface area contributed by atoms with Crippen LogP contribution in [0.25, 0.3) is 55.2 Å². The van der Waals surface area contributed by atoms with Crippen LogP contribution in [-0.4, -0.2) is 10.2 Å². The summed E-state index contributed by atoms with van der Waals surface area (Å²) in [5.74, 6) is 0.409. The Morgan fingerprint density at radius 3 is 1.77 bits per heavy atom. The van der Waals surface area contributed by atoms with Crippen LogP contribution in [0.5, 0.6) is 0 Å². The van der Waals surface area contributed by atoms with Crippen LogP contribution in [0.2, 0.25) is 0 Å². The highest BCUT2D eigenvalue weighted by Gasteiger charge is 2.45. The average Bonchev–Trinajstić information content (AvgIpc) is 3.31. The summed E-state index contributed by atoms with van der Waals surface area (Å²) in [5.41, 5.74) is -2.96. The van der Waals surface area contributed by atoms with Crippen LogP contribution >= 0.6 is 0 Å². The molecule has 39 heavy (non-hydrogen) atoms. The zero-order valence-corrected chi connectivity index (χ0v) is 20.5. The summed E-state index contributed by atoms with van der Waals surface area (Å²) in [6.45, 7) is 2.41. The molecule has 196 valence electrons. The van der Waals surface area contributed by atoms with E-state index in [0.717, 1.165) is 23.1 Å². The van der Waals surface area contributed by atoms with Crippen molar-refractivity contribution >= 4 is 32.5 Å². The Labute approximate surface area is 217 Å². The van der Waals surface area contributed by atoms with Gasteiger partial charge in [0, 0.05) is 21.7 Å². The summed E-state index contributed by atoms with van der Waals surface area (Å²) >= 11 is 0. The molecule has 0 saturated heterocycles. The van der Waals surface area contributed by atoms with Crippen LogP contribution in [0.15, 0.2) is 77.2 Å². The Bertz CT molecular complexity index is 1880. The molecule has 0 atom stereocenters. The van der Waals surface area contributed by atoms with Gasteiger partial charge in [-0.15, -0.1) is 10.2 Å². The topological polar surface area (TPSA) is 38.9 Å². The smallest absolute Gasteiger partial charge is 0.417 e. The molecule has 2 heterocycles. The van der Waals surface area contributed by atoms with Crippen LogP contribution in [0, 0.1) is 13.8 Å². The van der Waals surface area contributed by atoms with Crippen molar-refractivity contribution in [2.24, 2.45) is 0 Å². The Morgan fingerprint density at radius 2 is 1.18 bits per heavy atom. The molecule has 0 radical (unpaired) electrons. The molecule has 0 aliphatic rings. The number of aromatic nitrogens is 2. The first kappa shape index (κ1) is 24.9. The first-order valence-electron chi connectivity index (χ1n) is 11.9. The van der Waals surface area contributed by atoms with Crippen molar-refractivity contribution in [2.75, 3.05) is 0 Å². The number of halogens is 6. The zero-order chi connectivity index (χ0) is 27.7. The predicted molar refractivity (Wildman–Crippen MR) is 137 cm³/mol. The van der Waals surface area contributed by atoms with E-state index in [1.54, 1.807) is 18.2 Å². The molecule has 0 fully saturated rings. The van der Waals surface area contributed by atoms with Gasteiger partial charge in [-0.05, 0) is 66.1 Å². The lowest BCUT2D eigenvalue weighted by molar-refractivity contribution is -0.162. The predicted octanol–water partition coefficient (Wildman–Crippen LogP) is 9.52. The molecule has 9 heteroatoms. The first-order chi connectivity index (χ1) is 18.4. The maximum atomic E-state index is 13.9. The minimum Gasteiger partial charge on any atom is -0.454 e. The van der Waals surface area contributed by atoms with Gasteiger partial charge in [0.05, 0.1) is 11.1 Å². The summed E-state index contributed by atoms with van der Waals surface area (Å²) in [6, 6.07) is 20.7. The number of furan rings is 1. The maximum absolute atomic E-state index is 13.9. The fraction of sp³-hybridized carbons (Fsp3) is 0.133. The lowest BCUT2D eigenvalue weighted by atomic mass is 9.89. The lowest BCUT2D eigenvalue weighted by Gasteiger charge is -2.22. The highest BCUT2D eigenvalue weighted by molar-refractivity contribution is 6.08. The monoisotopic (exact) mass is 536 g/mol. The van der Waals surface area contributed by atoms with Gasteiger partial charge in [-0.1, -0.05) is 42.5 Å². The van der Waals surface area contributed by atoms with Crippen molar-refractivity contribution in [1.82, 2.24) is 10.2 Å². The van der Waals surface area contributed by atoms with Crippen molar-refractivity contribution in [2.45, 2.75) is 26.2 Å². The van der Waals surface area contributed by atoms with Gasteiger partial charge in [0.25, 0.3) is 0 Å². The second-order valence-corrected chi connectivity index (χ2v) is 9.38. The quantitative estimate of drug-likeness (QED) is 0.163. The number of hydrogen-bond acceptors (Lipinski definition) is 3. The van der Waals surface area contributed by atoms with E-state index in [2.05, 4.69) is 10.2 Å². The fourth-order valence-electron chi connectivity index (χ4n) is 5.07. The molecular weight excluding hydrogens is 518 g/mol. The van der Waals surface area contributed by atoms with E-state index in [1.165, 1.54) is 6.92 Å². The van der Waals surface area contributed by atoms with E-state index in [-0.39, 0.29) is 16.8 Å². The standard InChI is InChI=1S/C30H18F6N2O/c1-15-16(2)26(30(34,35)36)23(29(31,32)33)14-20(15)27-21-11-17-7-3-4-8-18(17)12-22(21)28(38-37-27)25-13-19-9-5-6-10-24(19)39-25/h3-14H,1-2H3. The van der Waals surface area contributed by atoms with Gasteiger partial charge in [-0.25, -0.2) is 0 Å². The van der Waals surface area contributed by atoms with Gasteiger partial charge in [0.15, 0.2) is 5.76 Å². The normalized spacial score (nSPS) is 12.6. The van der Waals surface area contributed by atoms with E-state index in [9.17, 15) is 26.3 Å². The second-order valence-electron chi connectivity index (χ2n) is 9.38. The van der Waals surface area contributed by atoms with E-state index >= 15 is 0 Å². The van der Waals surface area contributed by atoms with Crippen LogP contribution in [-0.2, 0) is 12.4 Å². The summed E-state index contributed by atoms with van der Waals surface area (Å²) in [7, 11) is 0. The van der Waals surface area contributed by atoms with Gasteiger partial charge >= 0.3 is 12.4 Å². The fourth-order valence-corrected chi connectivity index (χ4v) is 5.07. The molecule has 0 aliphatic heterocycles. The van der Waals surface area contributed by atoms with Gasteiger partial charge in [-0.2, -0.15) is 26.3 Å². The molecule has 2 aromatic heterocycles. The third kappa shape index (κ3) is 4.09. The average molecular weight is 536 g/mol. The Morgan fingerprint density at radius 1 is 0.615 bits per heavy atom. The molecule has 0 unspecified atom stereocenters. The number of hydrogen-bond donors (Lipinski definition) is 0. The van der Waals surface area contributed by atoms with E-state index < -0.39 is 29.0 Å². The highest BCUT2D eigenvalue weighted by atomic mass is 19.4. The molecule has 0 aliphatic carbocycles. The summed E-state index contributed by atoms with van der Waals surface area (Å²) < 4.78 is 89.2. The van der Waals surface area contributed by atoms with Gasteiger partial charge in [0.2, 0.25) is 0 Å². The Kier molecular flexibility index (Phi) is 5.47. The number of para-hydroxylation sites is 1. The number of benzene rings is 4. The van der Waals surface area contributed by atoms with Gasteiger partial charge in [-0.3, -0.25) is 0 Å². The van der Waals surface area contributed by atoms with Crippen molar-refractivity contribution in [3.63, 3.8) is 0 Å². The molecule has 0 saturated carbocycles. The molecule has 0 spiro atoms. The highest BCUT2D eigenvalue weighted by Crippen LogP contribution is 2.46. The maximum Gasteiger partial charge on any atom is 0.417 e. The number of alkyl halides is 6. The molecule has 3 nitrogen and oxygen atoms in total. The molecule has 6 rings (SSSR count).